The van der Waals surface area contributed by atoms with Crippen molar-refractivity contribution in [1.82, 2.24) is 20.1 Å². The Morgan fingerprint density at radius 1 is 1.19 bits per heavy atom. The van der Waals surface area contributed by atoms with Gasteiger partial charge in [-0.05, 0) is 30.2 Å². The Morgan fingerprint density at radius 3 is 2.76 bits per heavy atom. The van der Waals surface area contributed by atoms with Crippen molar-refractivity contribution in [1.29, 1.82) is 5.26 Å². The first-order chi connectivity index (χ1) is 18.0. The molecule has 5 rings (SSSR count). The van der Waals surface area contributed by atoms with Crippen LogP contribution in [0.15, 0.2) is 53.6 Å². The van der Waals surface area contributed by atoms with E-state index in [-0.39, 0.29) is 23.6 Å². The maximum absolute atomic E-state index is 12.9. The molecule has 1 aliphatic carbocycles. The molecule has 37 heavy (non-hydrogen) atoms. The molecule has 3 aromatic rings. The number of fused-ring (bicyclic) bond motifs is 1. The number of nitriles is 1. The Balaban J connectivity index is 1.15. The second kappa shape index (κ2) is 10.8. The number of aromatic nitrogens is 3. The molecule has 0 bridgehead atoms. The van der Waals surface area contributed by atoms with Crippen LogP contribution in [0.1, 0.15) is 34.7 Å². The van der Waals surface area contributed by atoms with Crippen LogP contribution in [0.25, 0.3) is 0 Å². The molecule has 3 heterocycles. The Labute approximate surface area is 214 Å². The third-order valence-electron chi connectivity index (χ3n) is 7.08. The van der Waals surface area contributed by atoms with Gasteiger partial charge in [-0.3, -0.25) is 9.59 Å². The number of carbonyl (C=O) groups is 1. The topological polar surface area (TPSA) is 127 Å². The molecule has 10 nitrogen and oxygen atoms in total. The molecular weight excluding hydrogens is 470 g/mol. The standard InChI is InChI=1S/C27H29N7O3/c1-18-22(17-30-32-27(18)36)31-26-21-5-3-2-4-20(21)14-23(26)37-13-8-25(35)34-11-9-33(10-12-34)24-7-6-19(15-28)16-29-24/h2-7,16-17,23,26H,8-14H2,1H3,(H2,31,32,36)/t23-,26-/m1/s1. The van der Waals surface area contributed by atoms with Crippen LogP contribution >= 0.6 is 0 Å². The van der Waals surface area contributed by atoms with Crippen LogP contribution in [0, 0.1) is 18.3 Å². The number of hydrogen-bond acceptors (Lipinski definition) is 8. The fraction of sp³-hybridized carbons (Fsp3) is 0.370. The summed E-state index contributed by atoms with van der Waals surface area (Å²) in [5.41, 5.74) is 3.87. The summed E-state index contributed by atoms with van der Waals surface area (Å²) in [5, 5.41) is 18.8. The number of benzene rings is 1. The highest BCUT2D eigenvalue weighted by Crippen LogP contribution is 2.36. The highest BCUT2D eigenvalue weighted by molar-refractivity contribution is 5.76. The van der Waals surface area contributed by atoms with Gasteiger partial charge in [0.05, 0.1) is 42.6 Å². The molecule has 1 aromatic carbocycles. The van der Waals surface area contributed by atoms with Crippen LogP contribution < -0.4 is 15.8 Å². The van der Waals surface area contributed by atoms with Crippen LogP contribution in [-0.4, -0.2) is 64.9 Å². The summed E-state index contributed by atoms with van der Waals surface area (Å²) in [4.78, 5) is 33.2. The molecule has 2 N–H and O–H groups in total. The smallest absolute Gasteiger partial charge is 0.269 e. The first-order valence-electron chi connectivity index (χ1n) is 12.4. The molecule has 2 aromatic heterocycles. The maximum atomic E-state index is 12.9. The monoisotopic (exact) mass is 499 g/mol. The Bertz CT molecular complexity index is 1360. The van der Waals surface area contributed by atoms with Gasteiger partial charge >= 0.3 is 0 Å². The molecule has 0 radical (unpaired) electrons. The Kier molecular flexibility index (Phi) is 7.14. The molecule has 1 aliphatic heterocycles. The van der Waals surface area contributed by atoms with Crippen LogP contribution in [0.2, 0.25) is 0 Å². The molecule has 0 saturated carbocycles. The van der Waals surface area contributed by atoms with Crippen molar-refractivity contribution in [3.05, 3.63) is 81.4 Å². The third kappa shape index (κ3) is 5.32. The van der Waals surface area contributed by atoms with Crippen LogP contribution in [-0.2, 0) is 16.0 Å². The summed E-state index contributed by atoms with van der Waals surface area (Å²) in [6.07, 6.45) is 4.06. The summed E-state index contributed by atoms with van der Waals surface area (Å²) in [5.74, 6) is 0.890. The number of ether oxygens (including phenoxy) is 1. The second-order valence-electron chi connectivity index (χ2n) is 9.31. The van der Waals surface area contributed by atoms with Gasteiger partial charge in [0, 0.05) is 44.4 Å². The van der Waals surface area contributed by atoms with Gasteiger partial charge in [-0.15, -0.1) is 0 Å². The van der Waals surface area contributed by atoms with E-state index in [0.29, 0.717) is 56.0 Å². The van der Waals surface area contributed by atoms with E-state index in [0.717, 1.165) is 17.8 Å². The van der Waals surface area contributed by atoms with Gasteiger partial charge < -0.3 is 19.9 Å². The number of piperazine rings is 1. The van der Waals surface area contributed by atoms with Gasteiger partial charge in [-0.1, -0.05) is 24.3 Å². The van der Waals surface area contributed by atoms with Crippen LogP contribution in [0.5, 0.6) is 0 Å². The minimum Gasteiger partial charge on any atom is -0.375 e. The van der Waals surface area contributed by atoms with Crippen LogP contribution in [0.4, 0.5) is 11.5 Å². The molecule has 190 valence electrons. The van der Waals surface area contributed by atoms with Crippen molar-refractivity contribution in [3.8, 4) is 6.07 Å². The van der Waals surface area contributed by atoms with Gasteiger partial charge in [0.2, 0.25) is 5.91 Å². The fourth-order valence-electron chi connectivity index (χ4n) is 4.94. The number of rotatable bonds is 7. The molecule has 2 atom stereocenters. The van der Waals surface area contributed by atoms with Crippen molar-refractivity contribution in [3.63, 3.8) is 0 Å². The number of anilines is 2. The summed E-state index contributed by atoms with van der Waals surface area (Å²) in [6, 6.07) is 13.7. The summed E-state index contributed by atoms with van der Waals surface area (Å²) in [7, 11) is 0. The quantitative estimate of drug-likeness (QED) is 0.506. The minimum absolute atomic E-state index is 0.0714. The molecule has 1 fully saturated rings. The predicted molar refractivity (Wildman–Crippen MR) is 138 cm³/mol. The Hall–Kier alpha value is -4.23. The molecule has 0 spiro atoms. The molecule has 1 saturated heterocycles. The number of H-pyrrole nitrogens is 1. The number of nitrogens with zero attached hydrogens (tertiary/aromatic N) is 5. The fourth-order valence-corrected chi connectivity index (χ4v) is 4.94. The van der Waals surface area contributed by atoms with Gasteiger partial charge in [0.15, 0.2) is 0 Å². The maximum Gasteiger partial charge on any atom is 0.269 e. The van der Waals surface area contributed by atoms with Gasteiger partial charge in [0.1, 0.15) is 11.9 Å². The molecular formula is C27H29N7O3. The van der Waals surface area contributed by atoms with Gasteiger partial charge in [0.25, 0.3) is 5.56 Å². The molecule has 1 amide bonds. The highest BCUT2D eigenvalue weighted by Gasteiger charge is 2.34. The van der Waals surface area contributed by atoms with Gasteiger partial charge in [-0.2, -0.15) is 10.4 Å². The molecule has 2 aliphatic rings. The number of amides is 1. The zero-order valence-electron chi connectivity index (χ0n) is 20.7. The predicted octanol–water partition coefficient (Wildman–Crippen LogP) is 2.18. The van der Waals surface area contributed by atoms with E-state index >= 15 is 0 Å². The number of hydrogen-bond donors (Lipinski definition) is 2. The van der Waals surface area contributed by atoms with Crippen molar-refractivity contribution < 1.29 is 9.53 Å². The van der Waals surface area contributed by atoms with E-state index in [9.17, 15) is 9.59 Å². The van der Waals surface area contributed by atoms with E-state index in [2.05, 4.69) is 43.6 Å². The average molecular weight is 500 g/mol. The van der Waals surface area contributed by atoms with E-state index < -0.39 is 0 Å². The number of aromatic amines is 1. The Morgan fingerprint density at radius 2 is 2.00 bits per heavy atom. The third-order valence-corrected chi connectivity index (χ3v) is 7.08. The second-order valence-corrected chi connectivity index (χ2v) is 9.31. The lowest BCUT2D eigenvalue weighted by Crippen LogP contribution is -2.49. The first-order valence-corrected chi connectivity index (χ1v) is 12.4. The van der Waals surface area contributed by atoms with Crippen molar-refractivity contribution in [2.24, 2.45) is 0 Å². The normalized spacial score (nSPS) is 18.8. The van der Waals surface area contributed by atoms with Crippen LogP contribution in [0.3, 0.4) is 0 Å². The first kappa shape index (κ1) is 24.5. The largest absolute Gasteiger partial charge is 0.375 e. The lowest BCUT2D eigenvalue weighted by Gasteiger charge is -2.35. The van der Waals surface area contributed by atoms with E-state index in [4.69, 9.17) is 10.00 Å². The number of carbonyl (C=O) groups excluding carboxylic acids is 1. The zero-order chi connectivity index (χ0) is 25.8. The highest BCUT2D eigenvalue weighted by atomic mass is 16.5. The van der Waals surface area contributed by atoms with Crippen molar-refractivity contribution in [2.75, 3.05) is 43.0 Å². The minimum atomic E-state index is -0.227. The van der Waals surface area contributed by atoms with E-state index in [1.165, 1.54) is 5.56 Å². The van der Waals surface area contributed by atoms with Crippen molar-refractivity contribution >= 4 is 17.4 Å². The zero-order valence-corrected chi connectivity index (χ0v) is 20.7. The lowest BCUT2D eigenvalue weighted by atomic mass is 10.1. The molecule has 0 unspecified atom stereocenters. The number of pyridine rings is 1. The summed E-state index contributed by atoms with van der Waals surface area (Å²) < 4.78 is 6.25. The van der Waals surface area contributed by atoms with E-state index in [1.807, 2.05) is 23.1 Å². The summed E-state index contributed by atoms with van der Waals surface area (Å²) in [6.45, 7) is 4.70. The average Bonchev–Trinajstić information content (AvgIpc) is 3.28. The van der Waals surface area contributed by atoms with Gasteiger partial charge in [-0.25, -0.2) is 10.1 Å². The van der Waals surface area contributed by atoms with Crippen molar-refractivity contribution in [2.45, 2.75) is 31.9 Å². The lowest BCUT2D eigenvalue weighted by molar-refractivity contribution is -0.133. The summed E-state index contributed by atoms with van der Waals surface area (Å²) >= 11 is 0. The van der Waals surface area contributed by atoms with E-state index in [1.54, 1.807) is 25.4 Å². The number of nitrogens with one attached hydrogen (secondary N) is 2. The SMILES string of the molecule is Cc1c(N[C@@H]2c3ccccc3C[C@H]2OCCC(=O)N2CCN(c3ccc(C#N)cn3)CC2)cn[nH]c1=O. The molecule has 10 heteroatoms.